The molecule has 1 aliphatic rings. The summed E-state index contributed by atoms with van der Waals surface area (Å²) in [6.45, 7) is 8.64. The van der Waals surface area contributed by atoms with Gasteiger partial charge in [0.2, 0.25) is 0 Å². The molecule has 0 spiro atoms. The minimum atomic E-state index is 0.00318. The van der Waals surface area contributed by atoms with Gasteiger partial charge in [-0.1, -0.05) is 26.3 Å². The highest BCUT2D eigenvalue weighted by atomic mass is 16.5. The molecular formula is C27H34N6O2. The molecule has 0 radical (unpaired) electrons. The Labute approximate surface area is 207 Å². The van der Waals surface area contributed by atoms with Crippen LogP contribution in [0.1, 0.15) is 42.7 Å². The van der Waals surface area contributed by atoms with E-state index in [0.29, 0.717) is 17.1 Å². The molecule has 3 heterocycles. The number of methoxy groups -OCH3 is 1. The Morgan fingerprint density at radius 2 is 1.80 bits per heavy atom. The Morgan fingerprint density at radius 1 is 1.03 bits per heavy atom. The van der Waals surface area contributed by atoms with E-state index in [1.807, 2.05) is 29.2 Å². The van der Waals surface area contributed by atoms with Crippen LogP contribution in [0.15, 0.2) is 42.9 Å². The molecule has 35 heavy (non-hydrogen) atoms. The number of amides is 1. The van der Waals surface area contributed by atoms with Crippen LogP contribution < -0.4 is 10.5 Å². The van der Waals surface area contributed by atoms with Gasteiger partial charge in [0.15, 0.2) is 0 Å². The maximum absolute atomic E-state index is 13.4. The molecule has 8 heteroatoms. The molecule has 1 aromatic carbocycles. The van der Waals surface area contributed by atoms with Gasteiger partial charge in [0.1, 0.15) is 17.9 Å². The van der Waals surface area contributed by atoms with Crippen LogP contribution in [-0.2, 0) is 6.42 Å². The molecule has 0 aliphatic carbocycles. The maximum Gasteiger partial charge on any atom is 0.257 e. The quantitative estimate of drug-likeness (QED) is 0.528. The lowest BCUT2D eigenvalue weighted by atomic mass is 9.96. The van der Waals surface area contributed by atoms with Gasteiger partial charge in [0, 0.05) is 49.1 Å². The fourth-order valence-electron chi connectivity index (χ4n) is 4.51. The van der Waals surface area contributed by atoms with Gasteiger partial charge < -0.3 is 15.4 Å². The number of nitrogens with zero attached hydrogens (tertiary/aromatic N) is 5. The monoisotopic (exact) mass is 474 g/mol. The van der Waals surface area contributed by atoms with Crippen LogP contribution in [0, 0.1) is 0 Å². The zero-order chi connectivity index (χ0) is 24.8. The fourth-order valence-corrected chi connectivity index (χ4v) is 4.51. The van der Waals surface area contributed by atoms with E-state index in [1.165, 1.54) is 12.8 Å². The van der Waals surface area contributed by atoms with Crippen molar-refractivity contribution >= 4 is 11.7 Å². The summed E-state index contributed by atoms with van der Waals surface area (Å²) < 4.78 is 5.68. The van der Waals surface area contributed by atoms with Crippen molar-refractivity contribution in [3.8, 4) is 28.1 Å². The van der Waals surface area contributed by atoms with Crippen molar-refractivity contribution in [2.45, 2.75) is 33.1 Å². The number of piperazine rings is 1. The van der Waals surface area contributed by atoms with Gasteiger partial charge in [-0.3, -0.25) is 9.69 Å². The van der Waals surface area contributed by atoms with Crippen LogP contribution in [0.3, 0.4) is 0 Å². The van der Waals surface area contributed by atoms with Crippen molar-refractivity contribution in [3.63, 3.8) is 0 Å². The predicted octanol–water partition coefficient (Wildman–Crippen LogP) is 3.92. The smallest absolute Gasteiger partial charge is 0.257 e. The number of pyridine rings is 1. The van der Waals surface area contributed by atoms with Gasteiger partial charge in [-0.05, 0) is 43.7 Å². The summed E-state index contributed by atoms with van der Waals surface area (Å²) in [6, 6.07) is 9.37. The first-order valence-corrected chi connectivity index (χ1v) is 12.3. The highest BCUT2D eigenvalue weighted by Gasteiger charge is 2.25. The lowest BCUT2D eigenvalue weighted by Crippen LogP contribution is -2.48. The highest BCUT2D eigenvalue weighted by Crippen LogP contribution is 2.35. The molecule has 8 nitrogen and oxygen atoms in total. The summed E-state index contributed by atoms with van der Waals surface area (Å²) >= 11 is 0. The minimum Gasteiger partial charge on any atom is -0.496 e. The molecule has 3 aromatic rings. The summed E-state index contributed by atoms with van der Waals surface area (Å²) in [7, 11) is 1.60. The number of hydrogen-bond acceptors (Lipinski definition) is 7. The van der Waals surface area contributed by atoms with Gasteiger partial charge in [-0.25, -0.2) is 15.0 Å². The lowest BCUT2D eigenvalue weighted by Gasteiger charge is -2.35. The van der Waals surface area contributed by atoms with Crippen molar-refractivity contribution in [1.82, 2.24) is 24.8 Å². The third-order valence-electron chi connectivity index (χ3n) is 6.53. The van der Waals surface area contributed by atoms with E-state index in [0.717, 1.165) is 67.2 Å². The van der Waals surface area contributed by atoms with E-state index in [9.17, 15) is 4.79 Å². The van der Waals surface area contributed by atoms with Gasteiger partial charge in [-0.15, -0.1) is 0 Å². The van der Waals surface area contributed by atoms with Crippen LogP contribution in [0.2, 0.25) is 0 Å². The van der Waals surface area contributed by atoms with E-state index in [2.05, 4.69) is 33.7 Å². The van der Waals surface area contributed by atoms with Gasteiger partial charge in [0.05, 0.1) is 24.1 Å². The van der Waals surface area contributed by atoms with Crippen LogP contribution in [0.5, 0.6) is 5.75 Å². The normalized spacial score (nSPS) is 14.2. The van der Waals surface area contributed by atoms with Crippen molar-refractivity contribution in [1.29, 1.82) is 0 Å². The Morgan fingerprint density at radius 3 is 2.46 bits per heavy atom. The van der Waals surface area contributed by atoms with E-state index in [1.54, 1.807) is 25.7 Å². The number of aryl methyl sites for hydroxylation is 1. The molecule has 0 saturated carbocycles. The topological polar surface area (TPSA) is 97.5 Å². The minimum absolute atomic E-state index is 0.00318. The third kappa shape index (κ3) is 5.43. The van der Waals surface area contributed by atoms with Crippen LogP contribution >= 0.6 is 0 Å². The molecule has 0 bridgehead atoms. The molecule has 1 amide bonds. The summed E-state index contributed by atoms with van der Waals surface area (Å²) in [5.74, 6) is 1.00. The van der Waals surface area contributed by atoms with Crippen LogP contribution in [0.25, 0.3) is 22.4 Å². The number of benzene rings is 1. The first-order valence-electron chi connectivity index (χ1n) is 12.3. The number of unbranched alkanes of at least 4 members (excludes halogenated alkanes) is 1. The van der Waals surface area contributed by atoms with Crippen molar-refractivity contribution in [2.75, 3.05) is 45.6 Å². The van der Waals surface area contributed by atoms with Crippen molar-refractivity contribution in [3.05, 3.63) is 54.1 Å². The second kappa shape index (κ2) is 11.3. The standard InChI is InChI=1S/C27H34N6O2/c1-4-6-11-32-12-14-33(15-13-32)27(34)21-9-7-19(16-23(21)35-3)26-25(22(5-2)30-18-31-26)20-8-10-24(28)29-17-20/h7-10,16-18H,4-6,11-15H2,1-3H3,(H2,28,29). The molecule has 2 aromatic heterocycles. The number of aromatic nitrogens is 3. The Kier molecular flexibility index (Phi) is 7.92. The van der Waals surface area contributed by atoms with E-state index in [-0.39, 0.29) is 5.91 Å². The molecule has 0 atom stereocenters. The zero-order valence-corrected chi connectivity index (χ0v) is 20.8. The summed E-state index contributed by atoms with van der Waals surface area (Å²) in [4.78, 5) is 31.1. The molecule has 2 N–H and O–H groups in total. The van der Waals surface area contributed by atoms with Gasteiger partial charge >= 0.3 is 0 Å². The van der Waals surface area contributed by atoms with Crippen molar-refractivity contribution in [2.24, 2.45) is 0 Å². The van der Waals surface area contributed by atoms with E-state index in [4.69, 9.17) is 10.5 Å². The molecule has 4 rings (SSSR count). The third-order valence-corrected chi connectivity index (χ3v) is 6.53. The number of carbonyl (C=O) groups is 1. The lowest BCUT2D eigenvalue weighted by molar-refractivity contribution is 0.0632. The van der Waals surface area contributed by atoms with Gasteiger partial charge in [0.25, 0.3) is 5.91 Å². The Balaban J connectivity index is 1.63. The largest absolute Gasteiger partial charge is 0.496 e. The molecule has 1 saturated heterocycles. The number of nitrogens with two attached hydrogens (primary N) is 1. The van der Waals surface area contributed by atoms with Gasteiger partial charge in [-0.2, -0.15) is 0 Å². The fraction of sp³-hybridized carbons (Fsp3) is 0.407. The summed E-state index contributed by atoms with van der Waals surface area (Å²) in [5.41, 5.74) is 10.7. The molecule has 0 unspecified atom stereocenters. The number of rotatable bonds is 8. The summed E-state index contributed by atoms with van der Waals surface area (Å²) in [5, 5.41) is 0. The Hall–Kier alpha value is -3.52. The van der Waals surface area contributed by atoms with E-state index >= 15 is 0 Å². The summed E-state index contributed by atoms with van der Waals surface area (Å²) in [6.07, 6.45) is 6.44. The number of hydrogen-bond donors (Lipinski definition) is 1. The molecular weight excluding hydrogens is 440 g/mol. The number of anilines is 1. The second-order valence-corrected chi connectivity index (χ2v) is 8.77. The average Bonchev–Trinajstić information content (AvgIpc) is 2.91. The molecule has 1 fully saturated rings. The number of carbonyl (C=O) groups excluding carboxylic acids is 1. The van der Waals surface area contributed by atoms with E-state index < -0.39 is 0 Å². The first kappa shape index (κ1) is 24.6. The maximum atomic E-state index is 13.4. The number of ether oxygens (including phenoxy) is 1. The molecule has 1 aliphatic heterocycles. The number of nitrogen functional groups attached to an aromatic ring is 1. The SMILES string of the molecule is CCCCN1CCN(C(=O)c2ccc(-c3ncnc(CC)c3-c3ccc(N)nc3)cc2OC)CC1. The highest BCUT2D eigenvalue weighted by molar-refractivity contribution is 5.98. The van der Waals surface area contributed by atoms with Crippen LogP contribution in [0.4, 0.5) is 5.82 Å². The average molecular weight is 475 g/mol. The first-order chi connectivity index (χ1) is 17.0. The van der Waals surface area contributed by atoms with Crippen LogP contribution in [-0.4, -0.2) is 70.5 Å². The predicted molar refractivity (Wildman–Crippen MR) is 138 cm³/mol. The Bertz CT molecular complexity index is 1160. The second-order valence-electron chi connectivity index (χ2n) is 8.77. The zero-order valence-electron chi connectivity index (χ0n) is 20.8. The van der Waals surface area contributed by atoms with Crippen molar-refractivity contribution < 1.29 is 9.53 Å². The molecule has 184 valence electrons.